The number of benzene rings is 1. The number of carbonyl (C=O) groups excluding carboxylic acids is 2. The van der Waals surface area contributed by atoms with Crippen molar-refractivity contribution in [1.29, 1.82) is 0 Å². The number of nitrogens with one attached hydrogen (secondary N) is 2. The van der Waals surface area contributed by atoms with Crippen LogP contribution in [0.3, 0.4) is 0 Å². The Morgan fingerprint density at radius 2 is 2.05 bits per heavy atom. The monoisotopic (exact) mass is 302 g/mol. The van der Waals surface area contributed by atoms with E-state index in [1.54, 1.807) is 20.8 Å². The van der Waals surface area contributed by atoms with E-state index in [0.717, 1.165) is 6.07 Å². The first-order valence-electron chi connectivity index (χ1n) is 6.08. The first-order chi connectivity index (χ1) is 9.35. The van der Waals surface area contributed by atoms with Gasteiger partial charge in [0.2, 0.25) is 0 Å². The number of rotatable bonds is 4. The fraction of sp³-hybridized carbons (Fsp3) is 0.385. The zero-order chi connectivity index (χ0) is 15.3. The zero-order valence-corrected chi connectivity index (χ0v) is 12.2. The van der Waals surface area contributed by atoms with E-state index in [-0.39, 0.29) is 28.9 Å². The number of hydrogen-bond acceptors (Lipinski definition) is 3. The Bertz CT molecular complexity index is 521. The molecule has 0 aliphatic heterocycles. The minimum absolute atomic E-state index is 0.0324. The second-order valence-electron chi connectivity index (χ2n) is 4.29. The molecule has 2 N–H and O–H groups in total. The fourth-order valence-electron chi connectivity index (χ4n) is 1.44. The van der Waals surface area contributed by atoms with E-state index >= 15 is 0 Å². The molecular weight excluding hydrogens is 287 g/mol. The summed E-state index contributed by atoms with van der Waals surface area (Å²) in [5.74, 6) is -1.19. The van der Waals surface area contributed by atoms with Crippen LogP contribution in [0.15, 0.2) is 12.1 Å². The van der Waals surface area contributed by atoms with E-state index in [1.165, 1.54) is 6.07 Å². The number of halogens is 2. The Morgan fingerprint density at radius 3 is 2.60 bits per heavy atom. The van der Waals surface area contributed by atoms with Crippen LogP contribution >= 0.6 is 11.6 Å². The molecule has 20 heavy (non-hydrogen) atoms. The van der Waals surface area contributed by atoms with Crippen LogP contribution in [0.5, 0.6) is 0 Å². The summed E-state index contributed by atoms with van der Waals surface area (Å²) in [6.07, 6.45) is -0.802. The lowest BCUT2D eigenvalue weighted by Crippen LogP contribution is -2.30. The standard InChI is InChI=1S/C13H16ClFN2O3/c1-4-20-13(19)17-11-5-8(9(14)6-10(11)15)12(18)16-7(2)3/h5-7H,4H2,1-3H3,(H,16,18)(H,17,19). The molecule has 0 heterocycles. The van der Waals surface area contributed by atoms with Gasteiger partial charge < -0.3 is 10.1 Å². The molecule has 0 aromatic heterocycles. The number of hydrogen-bond donors (Lipinski definition) is 2. The average molecular weight is 303 g/mol. The Morgan fingerprint density at radius 1 is 1.40 bits per heavy atom. The van der Waals surface area contributed by atoms with Crippen molar-refractivity contribution in [2.75, 3.05) is 11.9 Å². The smallest absolute Gasteiger partial charge is 0.411 e. The molecule has 0 spiro atoms. The summed E-state index contributed by atoms with van der Waals surface area (Å²) < 4.78 is 18.3. The summed E-state index contributed by atoms with van der Waals surface area (Å²) in [5, 5.41) is 4.82. The van der Waals surface area contributed by atoms with Gasteiger partial charge in [-0.05, 0) is 32.9 Å². The molecule has 0 bridgehead atoms. The molecule has 0 aliphatic rings. The van der Waals surface area contributed by atoms with Crippen molar-refractivity contribution < 1.29 is 18.7 Å². The maximum Gasteiger partial charge on any atom is 0.411 e. The summed E-state index contributed by atoms with van der Waals surface area (Å²) in [4.78, 5) is 23.2. The molecule has 0 atom stereocenters. The number of amides is 2. The Kier molecular flexibility index (Phi) is 5.76. The third kappa shape index (κ3) is 4.38. The quantitative estimate of drug-likeness (QED) is 0.897. The van der Waals surface area contributed by atoms with E-state index in [9.17, 15) is 14.0 Å². The highest BCUT2D eigenvalue weighted by molar-refractivity contribution is 6.34. The average Bonchev–Trinajstić information content (AvgIpc) is 2.31. The van der Waals surface area contributed by atoms with Crippen molar-refractivity contribution in [3.63, 3.8) is 0 Å². The predicted octanol–water partition coefficient (Wildman–Crippen LogP) is 3.19. The highest BCUT2D eigenvalue weighted by Crippen LogP contribution is 2.24. The lowest BCUT2D eigenvalue weighted by molar-refractivity contribution is 0.0943. The van der Waals surface area contributed by atoms with Gasteiger partial charge in [0.05, 0.1) is 22.9 Å². The first kappa shape index (κ1) is 16.2. The van der Waals surface area contributed by atoms with Crippen LogP contribution in [-0.4, -0.2) is 24.6 Å². The van der Waals surface area contributed by atoms with Gasteiger partial charge in [-0.15, -0.1) is 0 Å². The van der Waals surface area contributed by atoms with E-state index in [0.29, 0.717) is 0 Å². The highest BCUT2D eigenvalue weighted by atomic mass is 35.5. The summed E-state index contributed by atoms with van der Waals surface area (Å²) >= 11 is 5.83. The third-order valence-corrected chi connectivity index (χ3v) is 2.55. The van der Waals surface area contributed by atoms with E-state index in [2.05, 4.69) is 15.4 Å². The Hall–Kier alpha value is -1.82. The number of ether oxygens (including phenoxy) is 1. The minimum atomic E-state index is -0.802. The maximum absolute atomic E-state index is 13.7. The van der Waals surface area contributed by atoms with Crippen molar-refractivity contribution >= 4 is 29.3 Å². The molecule has 0 saturated heterocycles. The lowest BCUT2D eigenvalue weighted by Gasteiger charge is -2.12. The molecule has 1 aromatic rings. The van der Waals surface area contributed by atoms with Gasteiger partial charge in [0, 0.05) is 6.04 Å². The predicted molar refractivity (Wildman–Crippen MR) is 74.7 cm³/mol. The molecule has 0 fully saturated rings. The van der Waals surface area contributed by atoms with Crippen LogP contribution in [-0.2, 0) is 4.74 Å². The van der Waals surface area contributed by atoms with Crippen molar-refractivity contribution in [3.05, 3.63) is 28.5 Å². The molecule has 2 amide bonds. The molecular formula is C13H16ClFN2O3. The van der Waals surface area contributed by atoms with Crippen molar-refractivity contribution in [2.24, 2.45) is 0 Å². The van der Waals surface area contributed by atoms with Gasteiger partial charge in [-0.1, -0.05) is 11.6 Å². The summed E-state index contributed by atoms with van der Waals surface area (Å²) in [7, 11) is 0. The molecule has 1 rings (SSSR count). The van der Waals surface area contributed by atoms with Gasteiger partial charge in [-0.2, -0.15) is 0 Å². The number of carbonyl (C=O) groups is 2. The van der Waals surface area contributed by atoms with Crippen LogP contribution in [0, 0.1) is 5.82 Å². The van der Waals surface area contributed by atoms with Gasteiger partial charge in [-0.3, -0.25) is 10.1 Å². The number of anilines is 1. The molecule has 0 unspecified atom stereocenters. The molecule has 5 nitrogen and oxygen atoms in total. The maximum atomic E-state index is 13.7. The van der Waals surface area contributed by atoms with Gasteiger partial charge in [0.25, 0.3) is 5.91 Å². The van der Waals surface area contributed by atoms with Gasteiger partial charge >= 0.3 is 6.09 Å². The van der Waals surface area contributed by atoms with Crippen molar-refractivity contribution in [2.45, 2.75) is 26.8 Å². The normalized spacial score (nSPS) is 10.3. The second-order valence-corrected chi connectivity index (χ2v) is 4.69. The molecule has 110 valence electrons. The van der Waals surface area contributed by atoms with Crippen molar-refractivity contribution in [1.82, 2.24) is 5.32 Å². The van der Waals surface area contributed by atoms with E-state index < -0.39 is 17.8 Å². The largest absolute Gasteiger partial charge is 0.450 e. The Labute approximate surface area is 121 Å². The van der Waals surface area contributed by atoms with Crippen LogP contribution in [0.4, 0.5) is 14.9 Å². The first-order valence-corrected chi connectivity index (χ1v) is 6.46. The van der Waals surface area contributed by atoms with Crippen LogP contribution in [0.1, 0.15) is 31.1 Å². The van der Waals surface area contributed by atoms with Gasteiger partial charge in [0.15, 0.2) is 0 Å². The minimum Gasteiger partial charge on any atom is -0.450 e. The van der Waals surface area contributed by atoms with E-state index in [4.69, 9.17) is 11.6 Å². The summed E-state index contributed by atoms with van der Waals surface area (Å²) in [6.45, 7) is 5.35. The molecule has 0 saturated carbocycles. The molecule has 1 aromatic carbocycles. The van der Waals surface area contributed by atoms with Crippen LogP contribution < -0.4 is 10.6 Å². The second kappa shape index (κ2) is 7.09. The SMILES string of the molecule is CCOC(=O)Nc1cc(C(=O)NC(C)C)c(Cl)cc1F. The summed E-state index contributed by atoms with van der Waals surface area (Å²) in [5.41, 5.74) is -0.0877. The third-order valence-electron chi connectivity index (χ3n) is 2.23. The zero-order valence-electron chi connectivity index (χ0n) is 11.4. The molecule has 7 heteroatoms. The highest BCUT2D eigenvalue weighted by Gasteiger charge is 2.17. The van der Waals surface area contributed by atoms with E-state index in [1.807, 2.05) is 0 Å². The Balaban J connectivity index is 3.03. The van der Waals surface area contributed by atoms with Gasteiger partial charge in [-0.25, -0.2) is 9.18 Å². The summed E-state index contributed by atoms with van der Waals surface area (Å²) in [6, 6.07) is 2.05. The van der Waals surface area contributed by atoms with Crippen LogP contribution in [0.2, 0.25) is 5.02 Å². The van der Waals surface area contributed by atoms with Gasteiger partial charge in [0.1, 0.15) is 5.82 Å². The molecule has 0 aliphatic carbocycles. The lowest BCUT2D eigenvalue weighted by atomic mass is 10.1. The topological polar surface area (TPSA) is 67.4 Å². The molecule has 0 radical (unpaired) electrons. The van der Waals surface area contributed by atoms with Crippen LogP contribution in [0.25, 0.3) is 0 Å². The van der Waals surface area contributed by atoms with Crippen molar-refractivity contribution in [3.8, 4) is 0 Å². The fourth-order valence-corrected chi connectivity index (χ4v) is 1.67.